The van der Waals surface area contributed by atoms with Gasteiger partial charge >= 0.3 is 0 Å². The molecule has 1 aromatic carbocycles. The van der Waals surface area contributed by atoms with E-state index in [9.17, 15) is 4.79 Å². The highest BCUT2D eigenvalue weighted by molar-refractivity contribution is 5.78. The fourth-order valence-electron chi connectivity index (χ4n) is 1.78. The molecule has 4 nitrogen and oxygen atoms in total. The largest absolute Gasteiger partial charge is 0.484 e. The molecule has 0 aromatic heterocycles. The zero-order valence-corrected chi connectivity index (χ0v) is 10.9. The van der Waals surface area contributed by atoms with Gasteiger partial charge in [0.15, 0.2) is 6.61 Å². The van der Waals surface area contributed by atoms with E-state index >= 15 is 0 Å². The summed E-state index contributed by atoms with van der Waals surface area (Å²) in [5.41, 5.74) is 6.82. The lowest BCUT2D eigenvalue weighted by Crippen LogP contribution is -2.33. The van der Waals surface area contributed by atoms with Crippen molar-refractivity contribution in [3.8, 4) is 5.75 Å². The average Bonchev–Trinajstić information content (AvgIpc) is 3.19. The predicted molar refractivity (Wildman–Crippen MR) is 70.3 cm³/mol. The second kappa shape index (κ2) is 5.40. The Morgan fingerprint density at radius 1 is 1.44 bits per heavy atom. The van der Waals surface area contributed by atoms with Gasteiger partial charge in [-0.25, -0.2) is 0 Å². The summed E-state index contributed by atoms with van der Waals surface area (Å²) in [7, 11) is 1.84. The van der Waals surface area contributed by atoms with Crippen LogP contribution in [0.15, 0.2) is 24.3 Å². The second-order valence-electron chi connectivity index (χ2n) is 4.88. The molecule has 1 saturated carbocycles. The number of likely N-dealkylation sites (N-methyl/N-ethyl adjacent to an activating group) is 1. The minimum atomic E-state index is 0.0154. The van der Waals surface area contributed by atoms with E-state index in [-0.39, 0.29) is 18.6 Å². The second-order valence-corrected chi connectivity index (χ2v) is 4.88. The molecule has 2 N–H and O–H groups in total. The first-order valence-electron chi connectivity index (χ1n) is 6.32. The number of rotatable bonds is 5. The van der Waals surface area contributed by atoms with Crippen LogP contribution < -0.4 is 10.5 Å². The molecule has 98 valence electrons. The first-order valence-corrected chi connectivity index (χ1v) is 6.32. The van der Waals surface area contributed by atoms with E-state index in [4.69, 9.17) is 10.5 Å². The van der Waals surface area contributed by atoms with Crippen molar-refractivity contribution in [2.45, 2.75) is 31.8 Å². The zero-order chi connectivity index (χ0) is 13.1. The highest BCUT2D eigenvalue weighted by atomic mass is 16.5. The Hall–Kier alpha value is -1.55. The molecular formula is C14H20N2O2. The first-order chi connectivity index (χ1) is 8.58. The van der Waals surface area contributed by atoms with E-state index in [1.54, 1.807) is 4.90 Å². The topological polar surface area (TPSA) is 55.6 Å². The lowest BCUT2D eigenvalue weighted by atomic mass is 10.1. The Morgan fingerprint density at radius 2 is 2.06 bits per heavy atom. The molecule has 1 aliphatic rings. The molecule has 0 aliphatic heterocycles. The molecule has 1 atom stereocenters. The number of nitrogens with two attached hydrogens (primary N) is 1. The highest BCUT2D eigenvalue weighted by Crippen LogP contribution is 2.25. The van der Waals surface area contributed by atoms with Crippen LogP contribution in [0.25, 0.3) is 0 Å². The number of ether oxygens (including phenoxy) is 1. The van der Waals surface area contributed by atoms with Crippen molar-refractivity contribution in [1.29, 1.82) is 0 Å². The highest BCUT2D eigenvalue weighted by Gasteiger charge is 2.29. The van der Waals surface area contributed by atoms with E-state index in [0.717, 1.165) is 18.4 Å². The number of nitrogens with zero attached hydrogens (tertiary/aromatic N) is 1. The molecule has 2 rings (SSSR count). The van der Waals surface area contributed by atoms with Gasteiger partial charge in [-0.3, -0.25) is 4.79 Å². The monoisotopic (exact) mass is 248 g/mol. The Labute approximate surface area is 108 Å². The van der Waals surface area contributed by atoms with Crippen molar-refractivity contribution in [3.05, 3.63) is 29.8 Å². The van der Waals surface area contributed by atoms with Crippen LogP contribution in [-0.4, -0.2) is 30.5 Å². The lowest BCUT2D eigenvalue weighted by molar-refractivity contribution is -0.132. The Morgan fingerprint density at radius 3 is 2.56 bits per heavy atom. The molecule has 4 heteroatoms. The third kappa shape index (κ3) is 3.23. The van der Waals surface area contributed by atoms with Crippen molar-refractivity contribution in [2.24, 2.45) is 5.73 Å². The third-order valence-corrected chi connectivity index (χ3v) is 3.26. The van der Waals surface area contributed by atoms with E-state index in [0.29, 0.717) is 11.8 Å². The minimum Gasteiger partial charge on any atom is -0.484 e. The molecule has 0 unspecified atom stereocenters. The summed E-state index contributed by atoms with van der Waals surface area (Å²) in [5.74, 6) is 0.741. The van der Waals surface area contributed by atoms with Crippen LogP contribution in [0.1, 0.15) is 31.4 Å². The van der Waals surface area contributed by atoms with Gasteiger partial charge in [-0.05, 0) is 37.5 Å². The first kappa shape index (κ1) is 12.9. The summed E-state index contributed by atoms with van der Waals surface area (Å²) in [6, 6.07) is 8.00. The molecular weight excluding hydrogens is 228 g/mol. The summed E-state index contributed by atoms with van der Waals surface area (Å²) >= 11 is 0. The Bertz CT molecular complexity index is 410. The molecule has 1 amide bonds. The lowest BCUT2D eigenvalue weighted by Gasteiger charge is -2.16. The van der Waals surface area contributed by atoms with Crippen molar-refractivity contribution in [2.75, 3.05) is 13.7 Å². The van der Waals surface area contributed by atoms with Crippen molar-refractivity contribution < 1.29 is 9.53 Å². The predicted octanol–water partition coefficient (Wildman–Crippen LogP) is 1.71. The van der Waals surface area contributed by atoms with Crippen LogP contribution in [0.5, 0.6) is 5.75 Å². The van der Waals surface area contributed by atoms with Gasteiger partial charge in [-0.2, -0.15) is 0 Å². The SMILES string of the molecule is C[C@@H](N)c1ccc(OCC(=O)N(C)C2CC2)cc1. The number of hydrogen-bond donors (Lipinski definition) is 1. The zero-order valence-electron chi connectivity index (χ0n) is 10.9. The smallest absolute Gasteiger partial charge is 0.260 e. The van der Waals surface area contributed by atoms with E-state index in [1.807, 2.05) is 38.2 Å². The summed E-state index contributed by atoms with van der Waals surface area (Å²) in [6.45, 7) is 2.04. The third-order valence-electron chi connectivity index (χ3n) is 3.26. The van der Waals surface area contributed by atoms with Crippen molar-refractivity contribution >= 4 is 5.91 Å². The molecule has 0 spiro atoms. The molecule has 0 bridgehead atoms. The molecule has 18 heavy (non-hydrogen) atoms. The number of amides is 1. The molecule has 1 aliphatic carbocycles. The number of hydrogen-bond acceptors (Lipinski definition) is 3. The standard InChI is InChI=1S/C14H20N2O2/c1-10(15)11-3-7-13(8-4-11)18-9-14(17)16(2)12-5-6-12/h3-4,7-8,10,12H,5-6,9,15H2,1-2H3/t10-/m1/s1. The minimum absolute atomic E-state index is 0.0154. The molecule has 0 radical (unpaired) electrons. The summed E-state index contributed by atoms with van der Waals surface area (Å²) in [6.07, 6.45) is 2.23. The van der Waals surface area contributed by atoms with Gasteiger partial charge < -0.3 is 15.4 Å². The molecule has 0 saturated heterocycles. The van der Waals surface area contributed by atoms with Crippen LogP contribution in [0.3, 0.4) is 0 Å². The maximum Gasteiger partial charge on any atom is 0.260 e. The summed E-state index contributed by atoms with van der Waals surface area (Å²) in [4.78, 5) is 13.5. The van der Waals surface area contributed by atoms with Crippen LogP contribution in [0, 0.1) is 0 Å². The van der Waals surface area contributed by atoms with Crippen LogP contribution >= 0.6 is 0 Å². The fourth-order valence-corrected chi connectivity index (χ4v) is 1.78. The van der Waals surface area contributed by atoms with Crippen LogP contribution in [0.4, 0.5) is 0 Å². The quantitative estimate of drug-likeness (QED) is 0.863. The number of carbonyl (C=O) groups is 1. The van der Waals surface area contributed by atoms with Crippen LogP contribution in [0.2, 0.25) is 0 Å². The number of carbonyl (C=O) groups excluding carboxylic acids is 1. The van der Waals surface area contributed by atoms with Crippen molar-refractivity contribution in [1.82, 2.24) is 4.90 Å². The number of benzene rings is 1. The maximum absolute atomic E-state index is 11.8. The Balaban J connectivity index is 1.84. The van der Waals surface area contributed by atoms with Gasteiger partial charge in [0.1, 0.15) is 5.75 Å². The van der Waals surface area contributed by atoms with Gasteiger partial charge in [-0.15, -0.1) is 0 Å². The molecule has 0 heterocycles. The summed E-state index contributed by atoms with van der Waals surface area (Å²) < 4.78 is 5.47. The average molecular weight is 248 g/mol. The molecule has 1 aromatic rings. The normalized spacial score (nSPS) is 16.2. The van der Waals surface area contributed by atoms with Crippen molar-refractivity contribution in [3.63, 3.8) is 0 Å². The van der Waals surface area contributed by atoms with Gasteiger partial charge in [0, 0.05) is 19.1 Å². The Kier molecular flexibility index (Phi) is 3.87. The van der Waals surface area contributed by atoms with Gasteiger partial charge in [0.25, 0.3) is 5.91 Å². The van der Waals surface area contributed by atoms with E-state index < -0.39 is 0 Å². The van der Waals surface area contributed by atoms with Gasteiger partial charge in [0.05, 0.1) is 0 Å². The fraction of sp³-hybridized carbons (Fsp3) is 0.500. The van der Waals surface area contributed by atoms with Gasteiger partial charge in [0.2, 0.25) is 0 Å². The van der Waals surface area contributed by atoms with Gasteiger partial charge in [-0.1, -0.05) is 12.1 Å². The van der Waals surface area contributed by atoms with Crippen LogP contribution in [-0.2, 0) is 4.79 Å². The summed E-state index contributed by atoms with van der Waals surface area (Å²) in [5, 5.41) is 0. The van der Waals surface area contributed by atoms with E-state index in [2.05, 4.69) is 0 Å². The van der Waals surface area contributed by atoms with E-state index in [1.165, 1.54) is 0 Å². The maximum atomic E-state index is 11.8. The molecule has 1 fully saturated rings.